The summed E-state index contributed by atoms with van der Waals surface area (Å²) in [5.41, 5.74) is 6.55. The van der Waals surface area contributed by atoms with Crippen molar-refractivity contribution in [3.63, 3.8) is 0 Å². The number of benzene rings is 1. The molecule has 0 radical (unpaired) electrons. The Morgan fingerprint density at radius 1 is 1.54 bits per heavy atom. The van der Waals surface area contributed by atoms with Crippen LogP contribution in [-0.4, -0.2) is 13.7 Å². The zero-order chi connectivity index (χ0) is 9.90. The largest absolute Gasteiger partial charge is 0.382 e. The van der Waals surface area contributed by atoms with Crippen molar-refractivity contribution in [2.24, 2.45) is 5.73 Å². The molecular formula is C10H14ClNO. The maximum atomic E-state index is 6.03. The van der Waals surface area contributed by atoms with Crippen LogP contribution in [-0.2, 0) is 10.3 Å². The number of methoxy groups -OCH3 is 1. The zero-order valence-electron chi connectivity index (χ0n) is 7.88. The van der Waals surface area contributed by atoms with Crippen LogP contribution in [0.5, 0.6) is 0 Å². The maximum absolute atomic E-state index is 6.03. The van der Waals surface area contributed by atoms with E-state index in [1.807, 2.05) is 31.2 Å². The van der Waals surface area contributed by atoms with Crippen LogP contribution in [0.1, 0.15) is 12.5 Å². The highest BCUT2D eigenvalue weighted by Gasteiger charge is 2.20. The number of halogens is 1. The molecule has 0 spiro atoms. The van der Waals surface area contributed by atoms with Gasteiger partial charge in [0.15, 0.2) is 0 Å². The van der Waals surface area contributed by atoms with Gasteiger partial charge in [-0.25, -0.2) is 0 Å². The Balaban J connectivity index is 2.93. The highest BCUT2D eigenvalue weighted by atomic mass is 35.5. The van der Waals surface area contributed by atoms with Crippen LogP contribution in [0.2, 0.25) is 5.02 Å². The van der Waals surface area contributed by atoms with Gasteiger partial charge in [-0.1, -0.05) is 23.7 Å². The average molecular weight is 200 g/mol. The van der Waals surface area contributed by atoms with Crippen LogP contribution in [0.3, 0.4) is 0 Å². The van der Waals surface area contributed by atoms with Crippen molar-refractivity contribution in [2.45, 2.75) is 12.5 Å². The van der Waals surface area contributed by atoms with E-state index in [0.717, 1.165) is 5.56 Å². The molecular weight excluding hydrogens is 186 g/mol. The maximum Gasteiger partial charge on any atom is 0.0681 e. The molecule has 0 aliphatic heterocycles. The number of hydrogen-bond donors (Lipinski definition) is 1. The van der Waals surface area contributed by atoms with E-state index in [0.29, 0.717) is 11.6 Å². The van der Waals surface area contributed by atoms with Crippen LogP contribution in [0.4, 0.5) is 0 Å². The molecule has 0 aliphatic carbocycles. The van der Waals surface area contributed by atoms with Gasteiger partial charge in [-0.3, -0.25) is 0 Å². The number of hydrogen-bond acceptors (Lipinski definition) is 2. The molecule has 0 saturated carbocycles. The fraction of sp³-hybridized carbons (Fsp3) is 0.400. The molecule has 0 heterocycles. The molecule has 1 atom stereocenters. The second-order valence-electron chi connectivity index (χ2n) is 3.36. The second-order valence-corrected chi connectivity index (χ2v) is 3.80. The summed E-state index contributed by atoms with van der Waals surface area (Å²) in [6.07, 6.45) is 0. The van der Waals surface area contributed by atoms with Gasteiger partial charge in [0, 0.05) is 12.1 Å². The number of rotatable bonds is 3. The van der Waals surface area contributed by atoms with E-state index >= 15 is 0 Å². The summed E-state index contributed by atoms with van der Waals surface area (Å²) in [5.74, 6) is 0. The summed E-state index contributed by atoms with van der Waals surface area (Å²) in [7, 11) is 1.63. The SMILES string of the molecule is COC[C@@](C)(N)c1cccc(Cl)c1. The van der Waals surface area contributed by atoms with Gasteiger partial charge in [0.05, 0.1) is 12.1 Å². The Hall–Kier alpha value is -0.570. The van der Waals surface area contributed by atoms with E-state index in [9.17, 15) is 0 Å². The average Bonchev–Trinajstić information content (AvgIpc) is 2.04. The summed E-state index contributed by atoms with van der Waals surface area (Å²) in [6.45, 7) is 2.40. The third kappa shape index (κ3) is 2.69. The van der Waals surface area contributed by atoms with Gasteiger partial charge in [0.1, 0.15) is 0 Å². The van der Waals surface area contributed by atoms with E-state index in [1.165, 1.54) is 0 Å². The standard InChI is InChI=1S/C10H14ClNO/c1-10(12,7-13-2)8-4-3-5-9(11)6-8/h3-6H,7,12H2,1-2H3/t10-/m1/s1. The van der Waals surface area contributed by atoms with Crippen LogP contribution in [0.15, 0.2) is 24.3 Å². The summed E-state index contributed by atoms with van der Waals surface area (Å²) in [6, 6.07) is 7.53. The molecule has 1 aromatic carbocycles. The molecule has 0 amide bonds. The second kappa shape index (κ2) is 4.09. The van der Waals surface area contributed by atoms with Crippen molar-refractivity contribution in [3.05, 3.63) is 34.9 Å². The predicted molar refractivity (Wildman–Crippen MR) is 54.9 cm³/mol. The molecule has 13 heavy (non-hydrogen) atoms. The summed E-state index contributed by atoms with van der Waals surface area (Å²) in [5, 5.41) is 0.699. The first kappa shape index (κ1) is 10.5. The molecule has 2 nitrogen and oxygen atoms in total. The highest BCUT2D eigenvalue weighted by Crippen LogP contribution is 2.21. The minimum atomic E-state index is -0.473. The van der Waals surface area contributed by atoms with Crippen molar-refractivity contribution in [3.8, 4) is 0 Å². The van der Waals surface area contributed by atoms with Gasteiger partial charge in [-0.05, 0) is 24.6 Å². The first-order chi connectivity index (χ1) is 6.06. The summed E-state index contributed by atoms with van der Waals surface area (Å²) in [4.78, 5) is 0. The quantitative estimate of drug-likeness (QED) is 0.810. The minimum Gasteiger partial charge on any atom is -0.382 e. The van der Waals surface area contributed by atoms with E-state index in [1.54, 1.807) is 7.11 Å². The Morgan fingerprint density at radius 2 is 2.23 bits per heavy atom. The van der Waals surface area contributed by atoms with Crippen LogP contribution in [0, 0.1) is 0 Å². The van der Waals surface area contributed by atoms with Crippen molar-refractivity contribution in [1.29, 1.82) is 0 Å². The lowest BCUT2D eigenvalue weighted by Crippen LogP contribution is -2.37. The summed E-state index contributed by atoms with van der Waals surface area (Å²) >= 11 is 5.85. The fourth-order valence-electron chi connectivity index (χ4n) is 1.23. The number of nitrogens with two attached hydrogens (primary N) is 1. The smallest absolute Gasteiger partial charge is 0.0681 e. The molecule has 1 aromatic rings. The Kier molecular flexibility index (Phi) is 3.31. The van der Waals surface area contributed by atoms with Crippen molar-refractivity contribution >= 4 is 11.6 Å². The molecule has 0 fully saturated rings. The Labute approximate surface area is 83.6 Å². The zero-order valence-corrected chi connectivity index (χ0v) is 8.64. The molecule has 0 bridgehead atoms. The molecule has 0 unspecified atom stereocenters. The molecule has 3 heteroatoms. The van der Waals surface area contributed by atoms with Crippen molar-refractivity contribution < 1.29 is 4.74 Å². The lowest BCUT2D eigenvalue weighted by Gasteiger charge is -2.24. The van der Waals surface area contributed by atoms with Gasteiger partial charge in [0.2, 0.25) is 0 Å². The predicted octanol–water partition coefficient (Wildman–Crippen LogP) is 2.16. The molecule has 72 valence electrons. The van der Waals surface area contributed by atoms with Gasteiger partial charge >= 0.3 is 0 Å². The third-order valence-electron chi connectivity index (χ3n) is 1.93. The van der Waals surface area contributed by atoms with E-state index < -0.39 is 5.54 Å². The first-order valence-corrected chi connectivity index (χ1v) is 4.48. The van der Waals surface area contributed by atoms with Gasteiger partial charge in [-0.2, -0.15) is 0 Å². The normalized spacial score (nSPS) is 15.4. The monoisotopic (exact) mass is 199 g/mol. The van der Waals surface area contributed by atoms with Gasteiger partial charge in [0.25, 0.3) is 0 Å². The lowest BCUT2D eigenvalue weighted by atomic mass is 9.94. The molecule has 0 aliphatic rings. The first-order valence-electron chi connectivity index (χ1n) is 4.10. The third-order valence-corrected chi connectivity index (χ3v) is 2.16. The minimum absolute atomic E-state index is 0.473. The summed E-state index contributed by atoms with van der Waals surface area (Å²) < 4.78 is 5.03. The van der Waals surface area contributed by atoms with Crippen molar-refractivity contribution in [2.75, 3.05) is 13.7 Å². The van der Waals surface area contributed by atoms with E-state index in [4.69, 9.17) is 22.1 Å². The topological polar surface area (TPSA) is 35.2 Å². The van der Waals surface area contributed by atoms with E-state index in [2.05, 4.69) is 0 Å². The molecule has 2 N–H and O–H groups in total. The van der Waals surface area contributed by atoms with Crippen molar-refractivity contribution in [1.82, 2.24) is 0 Å². The van der Waals surface area contributed by atoms with Crippen LogP contribution < -0.4 is 5.73 Å². The highest BCUT2D eigenvalue weighted by molar-refractivity contribution is 6.30. The fourth-order valence-corrected chi connectivity index (χ4v) is 1.42. The molecule has 0 saturated heterocycles. The Bertz CT molecular complexity index is 286. The van der Waals surface area contributed by atoms with Crippen LogP contribution in [0.25, 0.3) is 0 Å². The molecule has 1 rings (SSSR count). The van der Waals surface area contributed by atoms with Crippen LogP contribution >= 0.6 is 11.6 Å². The van der Waals surface area contributed by atoms with E-state index in [-0.39, 0.29) is 0 Å². The van der Waals surface area contributed by atoms with Gasteiger partial charge in [-0.15, -0.1) is 0 Å². The Morgan fingerprint density at radius 3 is 2.77 bits per heavy atom. The lowest BCUT2D eigenvalue weighted by molar-refractivity contribution is 0.141. The number of ether oxygens (including phenoxy) is 1. The van der Waals surface area contributed by atoms with Gasteiger partial charge < -0.3 is 10.5 Å². The molecule has 0 aromatic heterocycles.